The van der Waals surface area contributed by atoms with E-state index in [0.717, 1.165) is 16.9 Å². The van der Waals surface area contributed by atoms with Crippen LogP contribution < -0.4 is 14.2 Å². The fraction of sp³-hybridized carbons (Fsp3) is 0.286. The van der Waals surface area contributed by atoms with Gasteiger partial charge >= 0.3 is 5.97 Å². The molecule has 1 aliphatic heterocycles. The lowest BCUT2D eigenvalue weighted by molar-refractivity contribution is -0.169. The van der Waals surface area contributed by atoms with Crippen LogP contribution >= 0.6 is 0 Å². The zero-order valence-electron chi connectivity index (χ0n) is 27.0. The molecule has 4 rings (SSSR count). The Morgan fingerprint density at radius 3 is 1.89 bits per heavy atom. The number of carbonyl (C=O) groups is 5. The molecule has 0 fully saturated rings. The van der Waals surface area contributed by atoms with Crippen LogP contribution in [0.15, 0.2) is 79.0 Å². The summed E-state index contributed by atoms with van der Waals surface area (Å²) in [6, 6.07) is 17.2. The van der Waals surface area contributed by atoms with E-state index in [1.54, 1.807) is 74.5 Å². The van der Waals surface area contributed by atoms with E-state index >= 15 is 0 Å². The third kappa shape index (κ3) is 6.96. The Hall–Kier alpha value is -5.65. The van der Waals surface area contributed by atoms with Crippen molar-refractivity contribution in [1.82, 2.24) is 14.9 Å². The lowest BCUT2D eigenvalue weighted by Gasteiger charge is -2.46. The van der Waals surface area contributed by atoms with E-state index in [1.807, 2.05) is 0 Å². The summed E-state index contributed by atoms with van der Waals surface area (Å²) in [7, 11) is 4.23. The van der Waals surface area contributed by atoms with Gasteiger partial charge in [-0.15, -0.1) is 0 Å². The van der Waals surface area contributed by atoms with Crippen molar-refractivity contribution >= 4 is 35.2 Å². The van der Waals surface area contributed by atoms with Gasteiger partial charge in [-0.2, -0.15) is 0 Å². The first-order valence-corrected chi connectivity index (χ1v) is 14.8. The molecule has 3 aromatic rings. The Kier molecular flexibility index (Phi) is 10.7. The lowest BCUT2D eigenvalue weighted by atomic mass is 9.96. The van der Waals surface area contributed by atoms with Crippen molar-refractivity contribution in [2.45, 2.75) is 39.3 Å². The normalized spacial score (nSPS) is 15.1. The minimum Gasteiger partial charge on any atom is -0.493 e. The van der Waals surface area contributed by atoms with Gasteiger partial charge in [0, 0.05) is 30.7 Å². The number of carboxylic acids is 1. The molecule has 1 N–H and O–H groups in total. The Morgan fingerprint density at radius 1 is 0.872 bits per heavy atom. The maximum Gasteiger partial charge on any atom is 0.374 e. The molecule has 1 unspecified atom stereocenters. The summed E-state index contributed by atoms with van der Waals surface area (Å²) in [6.07, 6.45) is 1.21. The number of methoxy groups -OCH3 is 3. The summed E-state index contributed by atoms with van der Waals surface area (Å²) in [4.78, 5) is 69.2. The number of hydrogen-bond donors (Lipinski definition) is 1. The van der Waals surface area contributed by atoms with Crippen LogP contribution in [-0.4, -0.2) is 82.9 Å². The highest BCUT2D eigenvalue weighted by atomic mass is 16.5. The van der Waals surface area contributed by atoms with E-state index in [-0.39, 0.29) is 34.9 Å². The van der Waals surface area contributed by atoms with Crippen molar-refractivity contribution in [3.05, 3.63) is 95.7 Å². The minimum atomic E-state index is -1.78. The molecule has 0 spiro atoms. The van der Waals surface area contributed by atoms with Gasteiger partial charge in [0.2, 0.25) is 11.7 Å². The molecule has 0 aromatic heterocycles. The van der Waals surface area contributed by atoms with Crippen molar-refractivity contribution in [3.63, 3.8) is 0 Å². The number of ether oxygens (including phenoxy) is 3. The molecule has 0 bridgehead atoms. The van der Waals surface area contributed by atoms with E-state index < -0.39 is 47.5 Å². The van der Waals surface area contributed by atoms with Gasteiger partial charge in [0.15, 0.2) is 11.5 Å². The van der Waals surface area contributed by atoms with Gasteiger partial charge in [-0.05, 0) is 35.7 Å². The van der Waals surface area contributed by atoms with Crippen molar-refractivity contribution in [1.29, 1.82) is 0 Å². The molecule has 0 aliphatic carbocycles. The monoisotopic (exact) mass is 643 g/mol. The highest BCUT2D eigenvalue weighted by molar-refractivity contribution is 6.35. The first-order chi connectivity index (χ1) is 22.4. The molecular formula is C35H37N3O9. The van der Waals surface area contributed by atoms with Crippen molar-refractivity contribution < 1.29 is 43.3 Å². The van der Waals surface area contributed by atoms with E-state index in [9.17, 15) is 29.1 Å². The molecule has 0 saturated carbocycles. The number of hydrogen-bond acceptors (Lipinski definition) is 8. The molecule has 2 atom stereocenters. The number of ketones is 1. The largest absolute Gasteiger partial charge is 0.493 e. The Labute approximate surface area is 272 Å². The van der Waals surface area contributed by atoms with Crippen LogP contribution in [0.25, 0.3) is 5.70 Å². The third-order valence-corrected chi connectivity index (χ3v) is 7.72. The van der Waals surface area contributed by atoms with E-state index in [4.69, 9.17) is 14.2 Å². The quantitative estimate of drug-likeness (QED) is 0.289. The number of nitrogens with zero attached hydrogens (tertiary/aromatic N) is 3. The van der Waals surface area contributed by atoms with E-state index in [2.05, 4.69) is 0 Å². The molecule has 0 saturated heterocycles. The summed E-state index contributed by atoms with van der Waals surface area (Å²) in [6.45, 7) is 4.62. The highest BCUT2D eigenvalue weighted by Crippen LogP contribution is 2.42. The molecule has 12 heteroatoms. The van der Waals surface area contributed by atoms with Gasteiger partial charge in [0.25, 0.3) is 17.6 Å². The van der Waals surface area contributed by atoms with Gasteiger partial charge in [0.05, 0.1) is 27.0 Å². The second-order valence-electron chi connectivity index (χ2n) is 11.1. The lowest BCUT2D eigenvalue weighted by Crippen LogP contribution is -2.64. The van der Waals surface area contributed by atoms with E-state index in [1.165, 1.54) is 44.6 Å². The summed E-state index contributed by atoms with van der Waals surface area (Å²) in [5.74, 6) is -4.90. The predicted octanol–water partition coefficient (Wildman–Crippen LogP) is 4.05. The fourth-order valence-electron chi connectivity index (χ4n) is 5.57. The van der Waals surface area contributed by atoms with Crippen molar-refractivity contribution in [3.8, 4) is 17.2 Å². The average Bonchev–Trinajstić information content (AvgIpc) is 3.07. The van der Waals surface area contributed by atoms with Gasteiger partial charge in [0.1, 0.15) is 12.1 Å². The predicted molar refractivity (Wildman–Crippen MR) is 171 cm³/mol. The first kappa shape index (κ1) is 34.2. The van der Waals surface area contributed by atoms with Gasteiger partial charge in [-0.1, -0.05) is 62.4 Å². The van der Waals surface area contributed by atoms with Crippen LogP contribution in [0.2, 0.25) is 0 Å². The highest BCUT2D eigenvalue weighted by Gasteiger charge is 2.47. The Morgan fingerprint density at radius 2 is 1.43 bits per heavy atom. The molecule has 12 nitrogen and oxygen atoms in total. The van der Waals surface area contributed by atoms with Gasteiger partial charge < -0.3 is 19.3 Å². The maximum absolute atomic E-state index is 14.8. The van der Waals surface area contributed by atoms with E-state index in [0.29, 0.717) is 11.1 Å². The van der Waals surface area contributed by atoms with Crippen LogP contribution in [0, 0.1) is 5.92 Å². The average molecular weight is 644 g/mol. The van der Waals surface area contributed by atoms with Gasteiger partial charge in [-0.25, -0.2) is 14.8 Å². The third-order valence-electron chi connectivity index (χ3n) is 7.72. The summed E-state index contributed by atoms with van der Waals surface area (Å²) < 4.78 is 16.6. The molecule has 246 valence electrons. The molecule has 0 radical (unpaired) electrons. The summed E-state index contributed by atoms with van der Waals surface area (Å²) in [5.41, 5.74) is 1.10. The first-order valence-electron chi connectivity index (χ1n) is 14.8. The van der Waals surface area contributed by atoms with Crippen LogP contribution in [0.5, 0.6) is 17.2 Å². The second kappa shape index (κ2) is 14.6. The van der Waals surface area contributed by atoms with Crippen molar-refractivity contribution in [2.75, 3.05) is 21.3 Å². The second-order valence-corrected chi connectivity index (χ2v) is 11.1. The number of carbonyl (C=O) groups excluding carboxylic acids is 4. The standard InChI is InChI=1S/C35H37N3O9/c1-21(2)30-34(42)38(37(22(3)39)26(31(40)35(43)44)17-23-13-9-7-10-14-23)27(20-36(30)33(41)24-15-11-8-12-16-24)25-18-28(45-4)32(47-6)29(19-25)46-5/h7-16,18-21,26,30H,17H2,1-6H3,(H,43,44)/t26-,30?/m0/s1. The molecular weight excluding hydrogens is 606 g/mol. The smallest absolute Gasteiger partial charge is 0.374 e. The number of hydrazine groups is 1. The number of aliphatic carboxylic acids is 1. The summed E-state index contributed by atoms with van der Waals surface area (Å²) in [5, 5.41) is 11.7. The SMILES string of the molecule is COc1cc(C2=CN(C(=O)c3ccccc3)C(C(C)C)C(=O)N2N(C(C)=O)[C@@H](Cc2ccccc2)C(=O)C(=O)O)cc(OC)c1OC. The number of amides is 3. The zero-order chi connectivity index (χ0) is 34.4. The van der Waals surface area contributed by atoms with Crippen LogP contribution in [0.3, 0.4) is 0 Å². The number of benzene rings is 3. The van der Waals surface area contributed by atoms with Crippen LogP contribution in [-0.2, 0) is 25.6 Å². The zero-order valence-corrected chi connectivity index (χ0v) is 27.0. The number of rotatable bonds is 12. The van der Waals surface area contributed by atoms with Crippen LogP contribution in [0.4, 0.5) is 0 Å². The summed E-state index contributed by atoms with van der Waals surface area (Å²) >= 11 is 0. The van der Waals surface area contributed by atoms with Crippen LogP contribution in [0.1, 0.15) is 42.3 Å². The fourth-order valence-corrected chi connectivity index (χ4v) is 5.57. The van der Waals surface area contributed by atoms with Gasteiger partial charge in [-0.3, -0.25) is 24.1 Å². The number of carboxylic acid groups (broad SMARTS) is 1. The maximum atomic E-state index is 14.8. The van der Waals surface area contributed by atoms with Crippen molar-refractivity contribution in [2.24, 2.45) is 5.92 Å². The topological polar surface area (TPSA) is 143 Å². The molecule has 1 aliphatic rings. The molecule has 3 aromatic carbocycles. The number of Topliss-reactive ketones (excluding diaryl/α,β-unsaturated/α-hetero) is 1. The minimum absolute atomic E-state index is 0.0121. The Balaban J connectivity index is 2.05. The molecule has 3 amide bonds. The molecule has 1 heterocycles. The Bertz CT molecular complexity index is 1660. The molecule has 47 heavy (non-hydrogen) atoms.